The molecule has 2 aromatic carbocycles. The Morgan fingerprint density at radius 1 is 1.11 bits per heavy atom. The molecule has 3 aromatic rings. The second kappa shape index (κ2) is 8.90. The van der Waals surface area contributed by atoms with Crippen molar-refractivity contribution in [3.8, 4) is 10.6 Å². The Morgan fingerprint density at radius 3 is 2.68 bits per heavy atom. The topological polar surface area (TPSA) is 71.1 Å². The van der Waals surface area contributed by atoms with Crippen LogP contribution in [0.1, 0.15) is 5.69 Å². The van der Waals surface area contributed by atoms with Gasteiger partial charge in [0.15, 0.2) is 0 Å². The monoisotopic (exact) mass is 421 g/mol. The van der Waals surface area contributed by atoms with Crippen LogP contribution in [-0.2, 0) is 16.0 Å². The largest absolute Gasteiger partial charge is 0.347 e. The summed E-state index contributed by atoms with van der Waals surface area (Å²) in [6.07, 6.45) is 0.410. The molecule has 2 N–H and O–H groups in total. The van der Waals surface area contributed by atoms with Gasteiger partial charge in [-0.2, -0.15) is 0 Å². The zero-order valence-corrected chi connectivity index (χ0v) is 15.9. The Morgan fingerprint density at radius 2 is 1.93 bits per heavy atom. The van der Waals surface area contributed by atoms with Gasteiger partial charge < -0.3 is 10.6 Å². The molecule has 144 valence electrons. The third kappa shape index (κ3) is 5.11. The minimum atomic E-state index is -0.888. The molecule has 3 rings (SSSR count). The number of nitrogens with zero attached hydrogens (tertiary/aromatic N) is 1. The van der Waals surface area contributed by atoms with Crippen LogP contribution in [0.4, 0.5) is 14.5 Å². The van der Waals surface area contributed by atoms with Gasteiger partial charge in [0.05, 0.1) is 10.7 Å². The summed E-state index contributed by atoms with van der Waals surface area (Å²) in [6, 6.07) is 9.74. The summed E-state index contributed by atoms with van der Waals surface area (Å²) < 4.78 is 26.4. The molecule has 9 heteroatoms. The molecule has 0 saturated carbocycles. The molecular formula is C19H14ClF2N3O2S. The number of rotatable bonds is 5. The molecule has 0 fully saturated rings. The first-order chi connectivity index (χ1) is 13.4. The van der Waals surface area contributed by atoms with Gasteiger partial charge in [0.25, 0.3) is 0 Å². The van der Waals surface area contributed by atoms with Gasteiger partial charge in [0.2, 0.25) is 0 Å². The van der Waals surface area contributed by atoms with Gasteiger partial charge >= 0.3 is 11.8 Å². The highest BCUT2D eigenvalue weighted by Crippen LogP contribution is 2.24. The first-order valence-electron chi connectivity index (χ1n) is 8.17. The fourth-order valence-corrected chi connectivity index (χ4v) is 3.35. The first kappa shape index (κ1) is 19.9. The van der Waals surface area contributed by atoms with Crippen molar-refractivity contribution in [2.24, 2.45) is 0 Å². The molecule has 0 aliphatic rings. The summed E-state index contributed by atoms with van der Waals surface area (Å²) in [5.41, 5.74) is 1.61. The average molecular weight is 422 g/mol. The summed E-state index contributed by atoms with van der Waals surface area (Å²) in [6.45, 7) is 0.197. The minimum absolute atomic E-state index is 0.157. The minimum Gasteiger partial charge on any atom is -0.347 e. The van der Waals surface area contributed by atoms with E-state index >= 15 is 0 Å². The molecule has 0 radical (unpaired) electrons. The number of nitrogens with one attached hydrogen (secondary N) is 2. The van der Waals surface area contributed by atoms with Crippen LogP contribution in [0.5, 0.6) is 0 Å². The van der Waals surface area contributed by atoms with E-state index in [1.165, 1.54) is 35.6 Å². The number of thiazole rings is 1. The van der Waals surface area contributed by atoms with E-state index in [9.17, 15) is 18.4 Å². The summed E-state index contributed by atoms with van der Waals surface area (Å²) in [7, 11) is 0. The average Bonchev–Trinajstić information content (AvgIpc) is 3.13. The van der Waals surface area contributed by atoms with Gasteiger partial charge in [0, 0.05) is 29.6 Å². The van der Waals surface area contributed by atoms with Crippen LogP contribution in [0, 0.1) is 11.6 Å². The van der Waals surface area contributed by atoms with Gasteiger partial charge in [-0.25, -0.2) is 13.8 Å². The molecule has 5 nitrogen and oxygen atoms in total. The lowest BCUT2D eigenvalue weighted by atomic mass is 10.2. The lowest BCUT2D eigenvalue weighted by molar-refractivity contribution is -0.136. The maximum absolute atomic E-state index is 13.3. The van der Waals surface area contributed by atoms with E-state index < -0.39 is 17.6 Å². The van der Waals surface area contributed by atoms with Crippen LogP contribution in [0.3, 0.4) is 0 Å². The molecule has 2 amide bonds. The molecule has 0 atom stereocenters. The van der Waals surface area contributed by atoms with Crippen molar-refractivity contribution in [1.29, 1.82) is 0 Å². The number of carbonyl (C=O) groups excluding carboxylic acids is 2. The van der Waals surface area contributed by atoms with E-state index in [0.29, 0.717) is 17.0 Å². The van der Waals surface area contributed by atoms with Crippen molar-refractivity contribution < 1.29 is 18.4 Å². The van der Waals surface area contributed by atoms with Crippen LogP contribution in [-0.4, -0.2) is 23.3 Å². The molecule has 0 spiro atoms. The van der Waals surface area contributed by atoms with Crippen molar-refractivity contribution in [3.63, 3.8) is 0 Å². The third-order valence-corrected chi connectivity index (χ3v) is 4.90. The fraction of sp³-hybridized carbons (Fsp3) is 0.105. The number of benzene rings is 2. The summed E-state index contributed by atoms with van der Waals surface area (Å²) in [5, 5.41) is 7.15. The Balaban J connectivity index is 1.50. The number of carbonyl (C=O) groups is 2. The third-order valence-electron chi connectivity index (χ3n) is 3.67. The Kier molecular flexibility index (Phi) is 6.33. The van der Waals surface area contributed by atoms with E-state index in [1.54, 1.807) is 12.1 Å². The highest BCUT2D eigenvalue weighted by molar-refractivity contribution is 7.13. The standard InChI is InChI=1S/C19H14ClF2N3O2S/c20-15-9-13(4-5-16(15)22)24-18(27)17(26)23-7-6-14-10-28-19(25-14)11-2-1-3-12(21)8-11/h1-5,8-10H,6-7H2,(H,23,26)(H,24,27). The Hall–Kier alpha value is -2.84. The van der Waals surface area contributed by atoms with Gasteiger partial charge in [-0.05, 0) is 30.3 Å². The molecule has 1 aromatic heterocycles. The molecule has 0 saturated heterocycles. The van der Waals surface area contributed by atoms with Crippen molar-refractivity contribution in [1.82, 2.24) is 10.3 Å². The lowest BCUT2D eigenvalue weighted by Gasteiger charge is -2.06. The summed E-state index contributed by atoms with van der Waals surface area (Å²) in [5.74, 6) is -2.68. The smallest absolute Gasteiger partial charge is 0.313 e. The molecule has 28 heavy (non-hydrogen) atoms. The quantitative estimate of drug-likeness (QED) is 0.611. The molecule has 0 aliphatic carbocycles. The van der Waals surface area contributed by atoms with Gasteiger partial charge in [0.1, 0.15) is 16.6 Å². The number of amides is 2. The zero-order valence-electron chi connectivity index (χ0n) is 14.3. The normalized spacial score (nSPS) is 10.5. The van der Waals surface area contributed by atoms with Gasteiger partial charge in [-0.1, -0.05) is 23.7 Å². The SMILES string of the molecule is O=C(NCCc1csc(-c2cccc(F)c2)n1)C(=O)Nc1ccc(F)c(Cl)c1. The maximum Gasteiger partial charge on any atom is 0.313 e. The van der Waals surface area contributed by atoms with Crippen LogP contribution < -0.4 is 10.6 Å². The van der Waals surface area contributed by atoms with Crippen LogP contribution >= 0.6 is 22.9 Å². The predicted octanol–water partition coefficient (Wildman–Crippen LogP) is 4.04. The number of hydrogen-bond donors (Lipinski definition) is 2. The zero-order chi connectivity index (χ0) is 20.1. The number of aromatic nitrogens is 1. The summed E-state index contributed by atoms with van der Waals surface area (Å²) >= 11 is 7.00. The highest BCUT2D eigenvalue weighted by Gasteiger charge is 2.14. The van der Waals surface area contributed by atoms with Crippen molar-refractivity contribution in [2.75, 3.05) is 11.9 Å². The second-order valence-corrected chi connectivity index (χ2v) is 7.01. The highest BCUT2D eigenvalue weighted by atomic mass is 35.5. The van der Waals surface area contributed by atoms with E-state index in [-0.39, 0.29) is 23.1 Å². The van der Waals surface area contributed by atoms with E-state index in [2.05, 4.69) is 15.6 Å². The molecule has 0 aliphatic heterocycles. The van der Waals surface area contributed by atoms with Crippen LogP contribution in [0.25, 0.3) is 10.6 Å². The van der Waals surface area contributed by atoms with Gasteiger partial charge in [-0.3, -0.25) is 9.59 Å². The molecular weight excluding hydrogens is 408 g/mol. The number of hydrogen-bond acceptors (Lipinski definition) is 4. The Bertz CT molecular complexity index is 1030. The Labute approximate surface area is 168 Å². The van der Waals surface area contributed by atoms with Crippen LogP contribution in [0.2, 0.25) is 5.02 Å². The second-order valence-electron chi connectivity index (χ2n) is 5.74. The van der Waals surface area contributed by atoms with Crippen molar-refractivity contribution in [3.05, 3.63) is 70.2 Å². The maximum atomic E-state index is 13.3. The van der Waals surface area contributed by atoms with E-state index in [0.717, 1.165) is 11.8 Å². The van der Waals surface area contributed by atoms with Crippen molar-refractivity contribution >= 4 is 40.4 Å². The fourth-order valence-electron chi connectivity index (χ4n) is 2.32. The molecule has 0 unspecified atom stereocenters. The predicted molar refractivity (Wildman–Crippen MR) is 104 cm³/mol. The van der Waals surface area contributed by atoms with Gasteiger partial charge in [-0.15, -0.1) is 11.3 Å². The van der Waals surface area contributed by atoms with Crippen LogP contribution in [0.15, 0.2) is 47.8 Å². The van der Waals surface area contributed by atoms with E-state index in [1.807, 2.05) is 5.38 Å². The summed E-state index contributed by atoms with van der Waals surface area (Å²) in [4.78, 5) is 28.1. The lowest BCUT2D eigenvalue weighted by Crippen LogP contribution is -2.36. The molecule has 1 heterocycles. The number of halogens is 3. The number of anilines is 1. The first-order valence-corrected chi connectivity index (χ1v) is 9.43. The molecule has 0 bridgehead atoms. The van der Waals surface area contributed by atoms with E-state index in [4.69, 9.17) is 11.6 Å². The van der Waals surface area contributed by atoms with Crippen molar-refractivity contribution in [2.45, 2.75) is 6.42 Å².